The normalized spacial score (nSPS) is 29.0. The zero-order valence-electron chi connectivity index (χ0n) is 13.4. The molecule has 3 atom stereocenters. The Bertz CT molecular complexity index is 528. The van der Waals surface area contributed by atoms with Crippen molar-refractivity contribution < 1.29 is 14.4 Å². The number of hydrogen-bond acceptors (Lipinski definition) is 5. The van der Waals surface area contributed by atoms with Crippen LogP contribution in [0.3, 0.4) is 0 Å². The van der Waals surface area contributed by atoms with Crippen molar-refractivity contribution >= 4 is 5.97 Å². The summed E-state index contributed by atoms with van der Waals surface area (Å²) in [6.45, 7) is 4.69. The second-order valence-corrected chi connectivity index (χ2v) is 7.08. The van der Waals surface area contributed by atoms with Crippen LogP contribution < -0.4 is 0 Å². The minimum atomic E-state index is -0.726. The van der Waals surface area contributed by atoms with Crippen LogP contribution in [0, 0.1) is 11.8 Å². The fourth-order valence-electron chi connectivity index (χ4n) is 3.98. The zero-order valence-corrected chi connectivity index (χ0v) is 13.4. The number of rotatable bonds is 5. The van der Waals surface area contributed by atoms with Gasteiger partial charge in [-0.1, -0.05) is 31.8 Å². The Morgan fingerprint density at radius 2 is 2.18 bits per heavy atom. The van der Waals surface area contributed by atoms with E-state index >= 15 is 0 Å². The standard InChI is InChI=1S/C16H25N3O3/c1-10(2)7-14-17-15(22-18-14)9-19-12-6-4-3-5-11(12)8-13(19)16(20)21/h10-13H,3-9H2,1-2H3,(H,20,21)/t11-,12+,13+/m1/s1. The monoisotopic (exact) mass is 307 g/mol. The predicted octanol–water partition coefficient (Wildman–Crippen LogP) is 2.49. The van der Waals surface area contributed by atoms with Crippen LogP contribution in [0.4, 0.5) is 0 Å². The highest BCUT2D eigenvalue weighted by Gasteiger charge is 2.45. The molecule has 1 aliphatic heterocycles. The van der Waals surface area contributed by atoms with Gasteiger partial charge < -0.3 is 9.63 Å². The van der Waals surface area contributed by atoms with E-state index in [4.69, 9.17) is 4.52 Å². The highest BCUT2D eigenvalue weighted by molar-refractivity contribution is 5.74. The van der Waals surface area contributed by atoms with E-state index < -0.39 is 12.0 Å². The van der Waals surface area contributed by atoms with Gasteiger partial charge in [-0.3, -0.25) is 9.69 Å². The molecule has 1 N–H and O–H groups in total. The van der Waals surface area contributed by atoms with Crippen LogP contribution in [0.25, 0.3) is 0 Å². The topological polar surface area (TPSA) is 79.5 Å². The fraction of sp³-hybridized carbons (Fsp3) is 0.812. The molecule has 2 aliphatic rings. The lowest BCUT2D eigenvalue weighted by Crippen LogP contribution is -2.41. The van der Waals surface area contributed by atoms with E-state index in [1.54, 1.807) is 0 Å². The van der Waals surface area contributed by atoms with Crippen LogP contribution in [-0.4, -0.2) is 38.2 Å². The summed E-state index contributed by atoms with van der Waals surface area (Å²) in [5.74, 6) is 1.53. The molecular weight excluding hydrogens is 282 g/mol. The molecule has 1 saturated carbocycles. The third-order valence-corrected chi connectivity index (χ3v) is 4.93. The van der Waals surface area contributed by atoms with Crippen LogP contribution in [0.2, 0.25) is 0 Å². The highest BCUT2D eigenvalue weighted by Crippen LogP contribution is 2.40. The fourth-order valence-corrected chi connectivity index (χ4v) is 3.98. The molecule has 0 spiro atoms. The zero-order chi connectivity index (χ0) is 15.7. The first-order valence-electron chi connectivity index (χ1n) is 8.34. The lowest BCUT2D eigenvalue weighted by Gasteiger charge is -2.31. The van der Waals surface area contributed by atoms with Gasteiger partial charge in [0.25, 0.3) is 0 Å². The molecule has 1 aromatic rings. The highest BCUT2D eigenvalue weighted by atomic mass is 16.5. The number of carboxylic acids is 1. The number of aromatic nitrogens is 2. The third kappa shape index (κ3) is 3.16. The summed E-state index contributed by atoms with van der Waals surface area (Å²) in [6, 6.07) is -0.0520. The molecule has 1 saturated heterocycles. The van der Waals surface area contributed by atoms with E-state index in [-0.39, 0.29) is 0 Å². The Kier molecular flexibility index (Phi) is 4.47. The number of carbonyl (C=O) groups is 1. The molecule has 22 heavy (non-hydrogen) atoms. The SMILES string of the molecule is CC(C)Cc1noc(CN2[C@H](C(=O)O)C[C@H]3CCCC[C@@H]32)n1. The second kappa shape index (κ2) is 6.36. The molecule has 2 heterocycles. The summed E-state index contributed by atoms with van der Waals surface area (Å²) in [6.07, 6.45) is 6.19. The first-order valence-corrected chi connectivity index (χ1v) is 8.34. The van der Waals surface area contributed by atoms with Gasteiger partial charge in [0.05, 0.1) is 6.54 Å². The summed E-state index contributed by atoms with van der Waals surface area (Å²) in [5, 5.41) is 13.5. The van der Waals surface area contributed by atoms with Crippen molar-refractivity contribution in [3.63, 3.8) is 0 Å². The van der Waals surface area contributed by atoms with Crippen molar-refractivity contribution in [2.24, 2.45) is 11.8 Å². The number of likely N-dealkylation sites (tertiary alicyclic amines) is 1. The molecule has 1 aromatic heterocycles. The van der Waals surface area contributed by atoms with Crippen molar-refractivity contribution in [2.75, 3.05) is 0 Å². The van der Waals surface area contributed by atoms with Gasteiger partial charge in [-0.15, -0.1) is 0 Å². The minimum Gasteiger partial charge on any atom is -0.480 e. The molecule has 6 nitrogen and oxygen atoms in total. The largest absolute Gasteiger partial charge is 0.480 e. The van der Waals surface area contributed by atoms with Crippen molar-refractivity contribution in [3.8, 4) is 0 Å². The van der Waals surface area contributed by atoms with Gasteiger partial charge in [0.1, 0.15) is 6.04 Å². The Balaban J connectivity index is 1.73. The van der Waals surface area contributed by atoms with Crippen LogP contribution >= 0.6 is 0 Å². The van der Waals surface area contributed by atoms with E-state index in [0.29, 0.717) is 30.3 Å². The predicted molar refractivity (Wildman–Crippen MR) is 80.2 cm³/mol. The van der Waals surface area contributed by atoms with Crippen LogP contribution in [0.1, 0.15) is 57.7 Å². The molecule has 0 unspecified atom stereocenters. The van der Waals surface area contributed by atoms with E-state index in [1.165, 1.54) is 12.8 Å². The van der Waals surface area contributed by atoms with Gasteiger partial charge in [-0.25, -0.2) is 0 Å². The maximum Gasteiger partial charge on any atom is 0.320 e. The molecule has 6 heteroatoms. The molecule has 122 valence electrons. The molecule has 0 amide bonds. The van der Waals surface area contributed by atoms with Gasteiger partial charge >= 0.3 is 5.97 Å². The molecule has 0 aromatic carbocycles. The van der Waals surface area contributed by atoms with E-state index in [2.05, 4.69) is 28.9 Å². The Hall–Kier alpha value is -1.43. The van der Waals surface area contributed by atoms with Gasteiger partial charge in [0.2, 0.25) is 5.89 Å². The smallest absolute Gasteiger partial charge is 0.320 e. The third-order valence-electron chi connectivity index (χ3n) is 4.93. The Morgan fingerprint density at radius 3 is 2.91 bits per heavy atom. The molecule has 2 fully saturated rings. The average Bonchev–Trinajstić information content (AvgIpc) is 3.04. The minimum absolute atomic E-state index is 0.357. The van der Waals surface area contributed by atoms with E-state index in [0.717, 1.165) is 31.5 Å². The first kappa shape index (κ1) is 15.5. The molecule has 1 aliphatic carbocycles. The van der Waals surface area contributed by atoms with Crippen molar-refractivity contribution in [1.29, 1.82) is 0 Å². The lowest BCUT2D eigenvalue weighted by molar-refractivity contribution is -0.143. The first-order chi connectivity index (χ1) is 10.5. The summed E-state index contributed by atoms with van der Waals surface area (Å²) in [5.41, 5.74) is 0. The second-order valence-electron chi connectivity index (χ2n) is 7.08. The van der Waals surface area contributed by atoms with Gasteiger partial charge in [-0.05, 0) is 31.1 Å². The quantitative estimate of drug-likeness (QED) is 0.900. The lowest BCUT2D eigenvalue weighted by atomic mass is 9.85. The van der Waals surface area contributed by atoms with Crippen molar-refractivity contribution in [1.82, 2.24) is 15.0 Å². The van der Waals surface area contributed by atoms with Gasteiger partial charge in [0.15, 0.2) is 5.82 Å². The van der Waals surface area contributed by atoms with E-state index in [1.807, 2.05) is 0 Å². The number of fused-ring (bicyclic) bond motifs is 1. The molecule has 0 bridgehead atoms. The van der Waals surface area contributed by atoms with Crippen molar-refractivity contribution in [2.45, 2.75) is 71.0 Å². The summed E-state index contributed by atoms with van der Waals surface area (Å²) in [4.78, 5) is 18.1. The Labute approximate surface area is 130 Å². The summed E-state index contributed by atoms with van der Waals surface area (Å²) >= 11 is 0. The van der Waals surface area contributed by atoms with Crippen LogP contribution in [0.15, 0.2) is 4.52 Å². The van der Waals surface area contributed by atoms with Gasteiger partial charge in [-0.2, -0.15) is 4.98 Å². The average molecular weight is 307 g/mol. The number of nitrogens with zero attached hydrogens (tertiary/aromatic N) is 3. The molecule has 3 rings (SSSR count). The number of carboxylic acid groups (broad SMARTS) is 1. The van der Waals surface area contributed by atoms with Crippen LogP contribution in [-0.2, 0) is 17.8 Å². The molecular formula is C16H25N3O3. The van der Waals surface area contributed by atoms with E-state index in [9.17, 15) is 9.90 Å². The number of hydrogen-bond donors (Lipinski definition) is 1. The maximum atomic E-state index is 11.6. The van der Waals surface area contributed by atoms with Crippen LogP contribution in [0.5, 0.6) is 0 Å². The van der Waals surface area contributed by atoms with Crippen molar-refractivity contribution in [3.05, 3.63) is 11.7 Å². The maximum absolute atomic E-state index is 11.6. The van der Waals surface area contributed by atoms with Gasteiger partial charge in [0, 0.05) is 12.5 Å². The Morgan fingerprint density at radius 1 is 1.41 bits per heavy atom. The summed E-state index contributed by atoms with van der Waals surface area (Å²) in [7, 11) is 0. The number of aliphatic carboxylic acids is 1. The summed E-state index contributed by atoms with van der Waals surface area (Å²) < 4.78 is 5.34. The molecule has 0 radical (unpaired) electrons.